The van der Waals surface area contributed by atoms with Crippen molar-refractivity contribution in [1.29, 1.82) is 0 Å². The first-order valence-corrected chi connectivity index (χ1v) is 31.0. The Bertz CT molecular complexity index is 5650. The highest BCUT2D eigenvalue weighted by Crippen LogP contribution is 2.40. The molecule has 458 valence electrons. The van der Waals surface area contributed by atoms with Crippen molar-refractivity contribution in [3.8, 4) is 44.9 Å². The molecule has 0 saturated heterocycles. The van der Waals surface area contributed by atoms with Crippen LogP contribution in [0.2, 0.25) is 0 Å². The average molecular weight is 1210 g/mol. The van der Waals surface area contributed by atoms with Gasteiger partial charge in [-0.2, -0.15) is 13.7 Å². The third kappa shape index (κ3) is 11.5. The van der Waals surface area contributed by atoms with Crippen LogP contribution in [0.25, 0.3) is 143 Å². The average Bonchev–Trinajstić information content (AvgIpc) is 1.59. The number of fused-ring (bicyclic) bond motifs is 12. The van der Waals surface area contributed by atoms with E-state index in [0.29, 0.717) is 5.56 Å². The van der Waals surface area contributed by atoms with E-state index in [9.17, 15) is 0 Å². The van der Waals surface area contributed by atoms with Gasteiger partial charge in [0.25, 0.3) is 0 Å². The zero-order chi connectivity index (χ0) is 64.0. The number of hydrogen-bond acceptors (Lipinski definition) is 3. The van der Waals surface area contributed by atoms with Gasteiger partial charge >= 0.3 is 0 Å². The van der Waals surface area contributed by atoms with Crippen molar-refractivity contribution in [2.45, 2.75) is 94.8 Å². The Morgan fingerprint density at radius 3 is 1.26 bits per heavy atom. The molecule has 0 atom stereocenters. The van der Waals surface area contributed by atoms with E-state index in [1.807, 2.05) is 36.9 Å². The molecule has 0 bridgehead atoms. The molecule has 1 aliphatic carbocycles. The molecule has 6 aromatic heterocycles. The van der Waals surface area contributed by atoms with Crippen LogP contribution in [0.15, 0.2) is 238 Å². The minimum atomic E-state index is -2.10. The van der Waals surface area contributed by atoms with Crippen molar-refractivity contribution in [2.24, 2.45) is 21.1 Å². The van der Waals surface area contributed by atoms with Crippen molar-refractivity contribution in [3.05, 3.63) is 258 Å². The number of rotatable bonds is 5. The van der Waals surface area contributed by atoms with Crippen molar-refractivity contribution in [2.75, 3.05) is 0 Å². The van der Waals surface area contributed by atoms with Crippen LogP contribution >= 0.6 is 0 Å². The second-order valence-corrected chi connectivity index (χ2v) is 24.7. The lowest BCUT2D eigenvalue weighted by molar-refractivity contribution is -0.659. The number of nitrogens with zero attached hydrogens (tertiary/aromatic N) is 3. The maximum atomic E-state index is 9.01. The number of aromatic nitrogens is 3. The summed E-state index contributed by atoms with van der Waals surface area (Å²) in [5.41, 5.74) is 20.9. The van der Waals surface area contributed by atoms with Crippen LogP contribution in [0, 0.1) is 34.5 Å². The number of pyridine rings is 3. The summed E-state index contributed by atoms with van der Waals surface area (Å²) < 4.78 is 57.1. The molecule has 17 rings (SSSR count). The molecule has 0 radical (unpaired) electrons. The molecule has 0 amide bonds. The first-order chi connectivity index (χ1) is 44.9. The third-order valence-electron chi connectivity index (χ3n) is 18.5. The second-order valence-electron chi connectivity index (χ2n) is 24.7. The van der Waals surface area contributed by atoms with E-state index in [4.69, 9.17) is 18.7 Å². The largest absolute Gasteiger partial charge is 0.450 e. The predicted octanol–water partition coefficient (Wildman–Crippen LogP) is 22.9. The molecule has 6 heterocycles. The lowest BCUT2D eigenvalue weighted by Gasteiger charge is -2.22. The number of aryl methyl sites for hydroxylation is 8. The highest BCUT2D eigenvalue weighted by atomic mass is 16.3. The molecule has 6 heteroatoms. The van der Waals surface area contributed by atoms with E-state index < -0.39 is 12.7 Å². The SMILES string of the molecule is C.C.C.Cc1ccccc1-c1cc2c(c[n+]1C)oc1cc3cc(-c4ccccc4)ccc3cc12.[2H]C([2H])([2H])c1ccc(-c2cc3c(c[n+]2C)oc2cc4cc(C)ccc4cc23)c(C)c1.[2H]C1(c2ccc3cc4c(cc3c2)oc2c[n+](C)c(-c3ccccc3C)cc24)CCCCC1. The normalized spacial score (nSPS) is 13.6. The van der Waals surface area contributed by atoms with Gasteiger partial charge in [-0.15, -0.1) is 0 Å². The molecule has 1 fully saturated rings. The molecular formula is C86H84N3O3+3. The van der Waals surface area contributed by atoms with Crippen LogP contribution in [0.3, 0.4) is 0 Å². The summed E-state index contributed by atoms with van der Waals surface area (Å²) in [6, 6.07) is 72.3. The van der Waals surface area contributed by atoms with Gasteiger partial charge in [-0.3, -0.25) is 0 Å². The molecule has 0 spiro atoms. The molecule has 6 nitrogen and oxygen atoms in total. The van der Waals surface area contributed by atoms with E-state index in [1.54, 1.807) is 12.1 Å². The highest BCUT2D eigenvalue weighted by Gasteiger charge is 2.23. The summed E-state index contributed by atoms with van der Waals surface area (Å²) in [7, 11) is 6.14. The minimum Gasteiger partial charge on any atom is -0.450 e. The van der Waals surface area contributed by atoms with Gasteiger partial charge in [0.15, 0.2) is 16.7 Å². The molecule has 0 aliphatic heterocycles. The highest BCUT2D eigenvalue weighted by molar-refractivity contribution is 6.13. The van der Waals surface area contributed by atoms with Gasteiger partial charge in [-0.25, -0.2) is 0 Å². The Kier molecular flexibility index (Phi) is 15.7. The van der Waals surface area contributed by atoms with Crippen molar-refractivity contribution >= 4 is 98.1 Å². The molecule has 1 aliphatic rings. The maximum Gasteiger partial charge on any atom is 0.213 e. The summed E-state index contributed by atoms with van der Waals surface area (Å²) in [6.45, 7) is 6.26. The van der Waals surface area contributed by atoms with Gasteiger partial charge in [0.05, 0.1) is 0 Å². The smallest absolute Gasteiger partial charge is 0.213 e. The molecule has 92 heavy (non-hydrogen) atoms. The van der Waals surface area contributed by atoms with E-state index in [-0.39, 0.29) is 22.3 Å². The molecule has 0 N–H and O–H groups in total. The fraction of sp³-hybridized carbons (Fsp3) is 0.198. The monoisotopic (exact) mass is 1210 g/mol. The Morgan fingerprint density at radius 2 is 0.772 bits per heavy atom. The summed E-state index contributed by atoms with van der Waals surface area (Å²) in [4.78, 5) is 0. The van der Waals surface area contributed by atoms with Gasteiger partial charge in [0.2, 0.25) is 35.7 Å². The lowest BCUT2D eigenvalue weighted by Crippen LogP contribution is -2.30. The first-order valence-electron chi connectivity index (χ1n) is 33.0. The zero-order valence-corrected chi connectivity index (χ0v) is 51.5. The fourth-order valence-corrected chi connectivity index (χ4v) is 13.7. The molecule has 16 aromatic rings. The Labute approximate surface area is 546 Å². The van der Waals surface area contributed by atoms with Crippen LogP contribution < -0.4 is 13.7 Å². The maximum absolute atomic E-state index is 9.01. The summed E-state index contributed by atoms with van der Waals surface area (Å²) >= 11 is 0. The molecule has 1 saturated carbocycles. The van der Waals surface area contributed by atoms with Crippen molar-refractivity contribution < 1.29 is 32.4 Å². The molecule has 10 aromatic carbocycles. The van der Waals surface area contributed by atoms with Gasteiger partial charge in [0.1, 0.15) is 37.9 Å². The van der Waals surface area contributed by atoms with E-state index in [2.05, 4.69) is 238 Å². The van der Waals surface area contributed by atoms with Crippen LogP contribution in [-0.4, -0.2) is 0 Å². The topological polar surface area (TPSA) is 51.1 Å². The van der Waals surface area contributed by atoms with Crippen LogP contribution in [0.4, 0.5) is 0 Å². The number of hydrogen-bond donors (Lipinski definition) is 0. The number of benzene rings is 10. The van der Waals surface area contributed by atoms with Crippen LogP contribution in [-0.2, 0) is 21.1 Å². The Balaban J connectivity index is 0.000000136. The summed E-state index contributed by atoms with van der Waals surface area (Å²) in [6.07, 6.45) is 11.7. The van der Waals surface area contributed by atoms with Crippen molar-refractivity contribution in [3.63, 3.8) is 0 Å². The van der Waals surface area contributed by atoms with Gasteiger partial charge in [-0.1, -0.05) is 180 Å². The van der Waals surface area contributed by atoms with Crippen molar-refractivity contribution in [1.82, 2.24) is 0 Å². The molecule has 0 unspecified atom stereocenters. The van der Waals surface area contributed by atoms with Crippen LogP contribution in [0.1, 0.15) is 99.1 Å². The third-order valence-corrected chi connectivity index (χ3v) is 18.5. The molecular weight excluding hydrogens is 1120 g/mol. The zero-order valence-electron chi connectivity index (χ0n) is 55.5. The number of furan rings is 3. The second kappa shape index (κ2) is 25.3. The Morgan fingerprint density at radius 1 is 0.348 bits per heavy atom. The summed E-state index contributed by atoms with van der Waals surface area (Å²) in [5, 5.41) is 13.9. The van der Waals surface area contributed by atoms with Gasteiger partial charge in [0, 0.05) is 72.7 Å². The Hall–Kier alpha value is -10.2. The van der Waals surface area contributed by atoms with E-state index >= 15 is 0 Å². The van der Waals surface area contributed by atoms with E-state index in [0.717, 1.165) is 119 Å². The van der Waals surface area contributed by atoms with E-state index in [1.165, 1.54) is 83.7 Å². The van der Waals surface area contributed by atoms with Gasteiger partial charge < -0.3 is 13.3 Å². The lowest BCUT2D eigenvalue weighted by atomic mass is 9.83. The van der Waals surface area contributed by atoms with Gasteiger partial charge in [-0.05, 0) is 180 Å². The van der Waals surface area contributed by atoms with Crippen LogP contribution in [0.5, 0.6) is 0 Å². The fourth-order valence-electron chi connectivity index (χ4n) is 13.7. The quantitative estimate of drug-likeness (QED) is 0.161. The predicted molar refractivity (Wildman–Crippen MR) is 389 cm³/mol. The first kappa shape index (κ1) is 57.0. The summed E-state index contributed by atoms with van der Waals surface area (Å²) in [5.74, 6) is -0.439. The minimum absolute atomic E-state index is 0. The standard InChI is InChI=1S/C29H28NO.C29H22NO.C25H22NO.3CH4/c2*1-19-8-6-7-11-24(19)27-17-26-25-15-22-13-12-21(20-9-4-3-5-10-20)14-23(22)16-28(25)31-29(26)18-30(27)2;1-15-6-8-20(17(3)9-15)23-13-22-21-11-18-7-5-16(2)10-19(18)12-24(21)27-25(22)14-26(23)4;;;/h6-8,11-18,20H,3-5,9-10H2,1-2H3;3-18H,1-2H3;5-14H,1-4H3;3*1H4/q3*+1;;;/i20D;;1D3;;;.